The predicted octanol–water partition coefficient (Wildman–Crippen LogP) is 1.98. The number of anilines is 1. The summed E-state index contributed by atoms with van der Waals surface area (Å²) in [6.45, 7) is 8.68. The smallest absolute Gasteiger partial charge is 0.221 e. The molecule has 0 aliphatic heterocycles. The summed E-state index contributed by atoms with van der Waals surface area (Å²) in [6.07, 6.45) is 0.950. The number of hydrogen-bond donors (Lipinski definition) is 2. The van der Waals surface area contributed by atoms with Crippen LogP contribution in [0.3, 0.4) is 0 Å². The Balaban J connectivity index is 3.08. The van der Waals surface area contributed by atoms with Crippen molar-refractivity contribution in [1.29, 1.82) is 0 Å². The zero-order valence-corrected chi connectivity index (χ0v) is 10.4. The lowest BCUT2D eigenvalue weighted by atomic mass is 10.2. The van der Waals surface area contributed by atoms with Crippen LogP contribution in [0.2, 0.25) is 0 Å². The van der Waals surface area contributed by atoms with Gasteiger partial charge >= 0.3 is 0 Å². The molecular weight excluding hydrogens is 204 g/mol. The highest BCUT2D eigenvalue weighted by Crippen LogP contribution is 2.24. The normalized spacial score (nSPS) is 10.6. The molecule has 0 atom stereocenters. The molecule has 1 rings (SSSR count). The minimum atomic E-state index is 0.247. The lowest BCUT2D eigenvalue weighted by Gasteiger charge is -2.13. The highest BCUT2D eigenvalue weighted by atomic mass is 16.5. The minimum Gasteiger partial charge on any atom is -0.477 e. The van der Waals surface area contributed by atoms with Crippen LogP contribution in [0.1, 0.15) is 44.5 Å². The molecule has 16 heavy (non-hydrogen) atoms. The first kappa shape index (κ1) is 12.7. The van der Waals surface area contributed by atoms with Gasteiger partial charge in [0.2, 0.25) is 5.88 Å². The summed E-state index contributed by atoms with van der Waals surface area (Å²) in [4.78, 5) is 8.72. The van der Waals surface area contributed by atoms with E-state index < -0.39 is 0 Å². The maximum Gasteiger partial charge on any atom is 0.221 e. The van der Waals surface area contributed by atoms with Crippen molar-refractivity contribution in [1.82, 2.24) is 9.97 Å². The zero-order chi connectivity index (χ0) is 12.1. The van der Waals surface area contributed by atoms with Gasteiger partial charge in [0.25, 0.3) is 0 Å². The molecule has 0 fully saturated rings. The van der Waals surface area contributed by atoms with E-state index in [-0.39, 0.29) is 5.92 Å². The Hall–Kier alpha value is -1.36. The third-order valence-electron chi connectivity index (χ3n) is 2.21. The number of nitrogens with zero attached hydrogens (tertiary/aromatic N) is 2. The molecule has 0 bridgehead atoms. The summed E-state index contributed by atoms with van der Waals surface area (Å²) in [6, 6.07) is 0. The summed E-state index contributed by atoms with van der Waals surface area (Å²) in [5.74, 6) is 7.66. The molecule has 1 heterocycles. The fourth-order valence-electron chi connectivity index (χ4n) is 1.25. The first-order valence-corrected chi connectivity index (χ1v) is 5.58. The van der Waals surface area contributed by atoms with Crippen molar-refractivity contribution in [2.75, 3.05) is 12.0 Å². The Morgan fingerprint density at radius 3 is 2.56 bits per heavy atom. The molecule has 5 heteroatoms. The Labute approximate surface area is 96.4 Å². The van der Waals surface area contributed by atoms with Crippen LogP contribution in [0.4, 0.5) is 5.82 Å². The number of ether oxygens (including phenoxy) is 1. The first-order valence-electron chi connectivity index (χ1n) is 5.58. The Kier molecular flexibility index (Phi) is 4.49. The second-order valence-corrected chi connectivity index (χ2v) is 4.01. The molecule has 0 saturated heterocycles. The summed E-state index contributed by atoms with van der Waals surface area (Å²) in [7, 11) is 0. The molecule has 0 aliphatic rings. The van der Waals surface area contributed by atoms with E-state index in [1.54, 1.807) is 0 Å². The fraction of sp³-hybridized carbons (Fsp3) is 0.636. The molecule has 0 unspecified atom stereocenters. The van der Waals surface area contributed by atoms with Crippen LogP contribution in [0.25, 0.3) is 0 Å². The molecule has 0 aliphatic carbocycles. The largest absolute Gasteiger partial charge is 0.477 e. The Morgan fingerprint density at radius 2 is 2.06 bits per heavy atom. The van der Waals surface area contributed by atoms with Gasteiger partial charge in [-0.15, -0.1) is 0 Å². The van der Waals surface area contributed by atoms with E-state index in [4.69, 9.17) is 10.6 Å². The van der Waals surface area contributed by atoms with Gasteiger partial charge in [0.15, 0.2) is 0 Å². The Morgan fingerprint density at radius 1 is 1.38 bits per heavy atom. The predicted molar refractivity (Wildman–Crippen MR) is 64.5 cm³/mol. The van der Waals surface area contributed by atoms with E-state index in [2.05, 4.69) is 22.3 Å². The van der Waals surface area contributed by atoms with E-state index in [9.17, 15) is 0 Å². The average molecular weight is 224 g/mol. The summed E-state index contributed by atoms with van der Waals surface area (Å²) >= 11 is 0. The monoisotopic (exact) mass is 224 g/mol. The second kappa shape index (κ2) is 5.65. The van der Waals surface area contributed by atoms with Gasteiger partial charge in [-0.3, -0.25) is 0 Å². The lowest BCUT2D eigenvalue weighted by Crippen LogP contribution is -2.14. The minimum absolute atomic E-state index is 0.247. The van der Waals surface area contributed by atoms with Crippen molar-refractivity contribution in [2.45, 2.75) is 40.0 Å². The van der Waals surface area contributed by atoms with Gasteiger partial charge < -0.3 is 10.2 Å². The van der Waals surface area contributed by atoms with E-state index in [0.717, 1.165) is 17.8 Å². The lowest BCUT2D eigenvalue weighted by molar-refractivity contribution is 0.301. The SMILES string of the molecule is CCCOc1nc(C(C)C)nc(NN)c1C. The summed E-state index contributed by atoms with van der Waals surface area (Å²) in [5, 5.41) is 0. The number of rotatable bonds is 5. The van der Waals surface area contributed by atoms with Crippen molar-refractivity contribution < 1.29 is 4.74 Å². The van der Waals surface area contributed by atoms with E-state index in [0.29, 0.717) is 18.3 Å². The molecule has 0 amide bonds. The topological polar surface area (TPSA) is 73.1 Å². The summed E-state index contributed by atoms with van der Waals surface area (Å²) in [5.41, 5.74) is 3.42. The number of nitrogens with one attached hydrogen (secondary N) is 1. The molecule has 5 nitrogen and oxygen atoms in total. The highest BCUT2D eigenvalue weighted by Gasteiger charge is 2.13. The molecule has 1 aromatic rings. The molecule has 0 saturated carbocycles. The molecule has 0 radical (unpaired) electrons. The number of aromatic nitrogens is 2. The van der Waals surface area contributed by atoms with Crippen molar-refractivity contribution in [3.63, 3.8) is 0 Å². The van der Waals surface area contributed by atoms with Crippen molar-refractivity contribution >= 4 is 5.82 Å². The third-order valence-corrected chi connectivity index (χ3v) is 2.21. The van der Waals surface area contributed by atoms with Crippen LogP contribution in [0.15, 0.2) is 0 Å². The summed E-state index contributed by atoms with van der Waals surface area (Å²) < 4.78 is 5.57. The average Bonchev–Trinajstić information content (AvgIpc) is 2.27. The highest BCUT2D eigenvalue weighted by molar-refractivity contribution is 5.47. The van der Waals surface area contributed by atoms with Crippen molar-refractivity contribution in [2.24, 2.45) is 5.84 Å². The fourth-order valence-corrected chi connectivity index (χ4v) is 1.25. The van der Waals surface area contributed by atoms with Crippen molar-refractivity contribution in [3.05, 3.63) is 11.4 Å². The molecule has 1 aromatic heterocycles. The molecule has 0 aromatic carbocycles. The van der Waals surface area contributed by atoms with Crippen LogP contribution in [0.5, 0.6) is 5.88 Å². The number of nitrogen functional groups attached to an aromatic ring is 1. The molecular formula is C11H20N4O. The Bertz CT molecular complexity index is 352. The van der Waals surface area contributed by atoms with Gasteiger partial charge in [-0.1, -0.05) is 20.8 Å². The van der Waals surface area contributed by atoms with E-state index in [1.165, 1.54) is 0 Å². The standard InChI is InChI=1S/C11H20N4O/c1-5-6-16-11-8(4)10(15-12)13-9(14-11)7(2)3/h7H,5-6,12H2,1-4H3,(H,13,14,15). The van der Waals surface area contributed by atoms with Crippen LogP contribution >= 0.6 is 0 Å². The van der Waals surface area contributed by atoms with Gasteiger partial charge in [0.1, 0.15) is 11.6 Å². The first-order chi connectivity index (χ1) is 7.60. The van der Waals surface area contributed by atoms with Crippen LogP contribution in [0, 0.1) is 6.92 Å². The number of hydrogen-bond acceptors (Lipinski definition) is 5. The van der Waals surface area contributed by atoms with Crippen LogP contribution < -0.4 is 16.0 Å². The van der Waals surface area contributed by atoms with Crippen LogP contribution in [-0.4, -0.2) is 16.6 Å². The maximum atomic E-state index is 5.57. The van der Waals surface area contributed by atoms with Gasteiger partial charge in [0.05, 0.1) is 12.2 Å². The van der Waals surface area contributed by atoms with E-state index in [1.807, 2.05) is 20.8 Å². The third kappa shape index (κ3) is 2.82. The van der Waals surface area contributed by atoms with E-state index >= 15 is 0 Å². The van der Waals surface area contributed by atoms with Crippen molar-refractivity contribution in [3.8, 4) is 5.88 Å². The second-order valence-electron chi connectivity index (χ2n) is 4.01. The van der Waals surface area contributed by atoms with Gasteiger partial charge in [-0.2, -0.15) is 4.98 Å². The zero-order valence-electron chi connectivity index (χ0n) is 10.4. The van der Waals surface area contributed by atoms with Gasteiger partial charge in [0, 0.05) is 5.92 Å². The maximum absolute atomic E-state index is 5.57. The number of nitrogens with two attached hydrogens (primary N) is 1. The van der Waals surface area contributed by atoms with Gasteiger partial charge in [-0.25, -0.2) is 10.8 Å². The molecule has 0 spiro atoms. The molecule has 90 valence electrons. The molecule has 3 N–H and O–H groups in total. The van der Waals surface area contributed by atoms with Gasteiger partial charge in [-0.05, 0) is 13.3 Å². The number of hydrazine groups is 1. The quantitative estimate of drug-likeness (QED) is 0.591. The van der Waals surface area contributed by atoms with Crippen LogP contribution in [-0.2, 0) is 0 Å².